The molecule has 2 unspecified atom stereocenters. The summed E-state index contributed by atoms with van der Waals surface area (Å²) < 4.78 is 43.6. The third-order valence-electron chi connectivity index (χ3n) is 7.18. The minimum atomic E-state index is -4.48. The number of rotatable bonds is 5. The lowest BCUT2D eigenvalue weighted by Gasteiger charge is -2.28. The van der Waals surface area contributed by atoms with Gasteiger partial charge < -0.3 is 14.8 Å². The van der Waals surface area contributed by atoms with Gasteiger partial charge in [0, 0.05) is 23.3 Å². The number of halogens is 3. The van der Waals surface area contributed by atoms with Crippen molar-refractivity contribution in [3.8, 4) is 5.69 Å². The van der Waals surface area contributed by atoms with Crippen molar-refractivity contribution in [2.45, 2.75) is 51.9 Å². The molecule has 3 heterocycles. The minimum absolute atomic E-state index is 0.108. The molecule has 2 aromatic heterocycles. The van der Waals surface area contributed by atoms with Crippen LogP contribution in [-0.4, -0.2) is 14.7 Å². The largest absolute Gasteiger partial charge is 0.418 e. The van der Waals surface area contributed by atoms with Gasteiger partial charge in [-0.1, -0.05) is 44.2 Å². The highest BCUT2D eigenvalue weighted by atomic mass is 32.1. The molecule has 0 amide bonds. The monoisotopic (exact) mass is 534 g/mol. The standard InChI is InChI=1S/C30H29F3N4S/c1-18(2)21-12-14-22(15-13-21)37-28(27(35-29(37)38)25-10-7-8-16-34-25)23-17-19(3)36(20(23)4)26-11-6-5-9-24(26)30(31,32)33/h5-18,27-28H,1-4H3,(H,35,38). The number of aromatic nitrogens is 2. The van der Waals surface area contributed by atoms with E-state index in [1.807, 2.05) is 38.1 Å². The number of hydrogen-bond acceptors (Lipinski definition) is 2. The first-order valence-electron chi connectivity index (χ1n) is 12.5. The van der Waals surface area contributed by atoms with Crippen LogP contribution in [-0.2, 0) is 6.18 Å². The van der Waals surface area contributed by atoms with Crippen molar-refractivity contribution in [2.24, 2.45) is 0 Å². The van der Waals surface area contributed by atoms with Crippen LogP contribution in [0.2, 0.25) is 0 Å². The average Bonchev–Trinajstić information content (AvgIpc) is 3.39. The van der Waals surface area contributed by atoms with Gasteiger partial charge in [0.05, 0.1) is 29.0 Å². The van der Waals surface area contributed by atoms with Gasteiger partial charge in [-0.05, 0) is 85.6 Å². The Balaban J connectivity index is 1.68. The number of anilines is 1. The molecular weight excluding hydrogens is 505 g/mol. The number of benzene rings is 2. The first-order valence-corrected chi connectivity index (χ1v) is 12.9. The van der Waals surface area contributed by atoms with E-state index in [9.17, 15) is 13.2 Å². The zero-order valence-corrected chi connectivity index (χ0v) is 22.4. The van der Waals surface area contributed by atoms with Crippen molar-refractivity contribution in [1.82, 2.24) is 14.9 Å². The smallest absolute Gasteiger partial charge is 0.351 e. The number of hydrogen-bond donors (Lipinski definition) is 1. The molecule has 8 heteroatoms. The second-order valence-electron chi connectivity index (χ2n) is 9.92. The number of alkyl halides is 3. The quantitative estimate of drug-likeness (QED) is 0.265. The first-order chi connectivity index (χ1) is 18.1. The molecule has 0 bridgehead atoms. The molecule has 1 saturated heterocycles. The van der Waals surface area contributed by atoms with Crippen LogP contribution < -0.4 is 10.2 Å². The van der Waals surface area contributed by atoms with Crippen molar-refractivity contribution in [3.63, 3.8) is 0 Å². The molecule has 0 spiro atoms. The summed E-state index contributed by atoms with van der Waals surface area (Å²) in [6, 6.07) is 21.1. The Labute approximate surface area is 226 Å². The molecular formula is C30H29F3N4S. The molecule has 4 aromatic rings. The molecule has 0 aliphatic carbocycles. The Kier molecular flexibility index (Phi) is 6.77. The van der Waals surface area contributed by atoms with Crippen LogP contribution in [0.15, 0.2) is 79.0 Å². The molecule has 1 aliphatic heterocycles. The fraction of sp³-hybridized carbons (Fsp3) is 0.267. The van der Waals surface area contributed by atoms with Gasteiger partial charge in [0.15, 0.2) is 5.11 Å². The molecule has 1 aliphatic rings. The highest BCUT2D eigenvalue weighted by molar-refractivity contribution is 7.80. The summed E-state index contributed by atoms with van der Waals surface area (Å²) in [4.78, 5) is 6.65. The minimum Gasteiger partial charge on any atom is -0.351 e. The topological polar surface area (TPSA) is 33.1 Å². The number of nitrogens with zero attached hydrogens (tertiary/aromatic N) is 3. The van der Waals surface area contributed by atoms with E-state index in [2.05, 4.69) is 53.3 Å². The molecule has 1 fully saturated rings. The fourth-order valence-electron chi connectivity index (χ4n) is 5.33. The maximum absolute atomic E-state index is 14.0. The normalized spacial score (nSPS) is 17.8. The van der Waals surface area contributed by atoms with Gasteiger partial charge >= 0.3 is 6.18 Å². The summed E-state index contributed by atoms with van der Waals surface area (Å²) in [6.45, 7) is 7.99. The van der Waals surface area contributed by atoms with Crippen molar-refractivity contribution < 1.29 is 13.2 Å². The Morgan fingerprint density at radius 3 is 2.26 bits per heavy atom. The van der Waals surface area contributed by atoms with Gasteiger partial charge in [-0.3, -0.25) is 4.98 Å². The maximum atomic E-state index is 14.0. The summed E-state index contributed by atoms with van der Waals surface area (Å²) in [5.41, 5.74) is 4.69. The van der Waals surface area contributed by atoms with Gasteiger partial charge in [0.1, 0.15) is 0 Å². The maximum Gasteiger partial charge on any atom is 0.418 e. The van der Waals surface area contributed by atoms with E-state index in [1.54, 1.807) is 16.8 Å². The third-order valence-corrected chi connectivity index (χ3v) is 7.49. The van der Waals surface area contributed by atoms with E-state index in [4.69, 9.17) is 12.2 Å². The van der Waals surface area contributed by atoms with Crippen molar-refractivity contribution in [3.05, 3.63) is 113 Å². The second kappa shape index (κ2) is 9.91. The molecule has 38 heavy (non-hydrogen) atoms. The summed E-state index contributed by atoms with van der Waals surface area (Å²) in [5, 5.41) is 3.99. The van der Waals surface area contributed by atoms with E-state index in [0.29, 0.717) is 16.7 Å². The van der Waals surface area contributed by atoms with E-state index >= 15 is 0 Å². The van der Waals surface area contributed by atoms with Crippen LogP contribution in [0.25, 0.3) is 5.69 Å². The molecule has 5 rings (SSSR count). The van der Waals surface area contributed by atoms with Crippen LogP contribution in [0.3, 0.4) is 0 Å². The van der Waals surface area contributed by atoms with Crippen molar-refractivity contribution in [2.75, 3.05) is 4.90 Å². The lowest BCUT2D eigenvalue weighted by molar-refractivity contribution is -0.137. The highest BCUT2D eigenvalue weighted by Gasteiger charge is 2.43. The van der Waals surface area contributed by atoms with E-state index < -0.39 is 11.7 Å². The van der Waals surface area contributed by atoms with Crippen molar-refractivity contribution in [1.29, 1.82) is 0 Å². The predicted octanol–water partition coefficient (Wildman–Crippen LogP) is 7.81. The van der Waals surface area contributed by atoms with E-state index in [-0.39, 0.29) is 17.8 Å². The molecule has 4 nitrogen and oxygen atoms in total. The van der Waals surface area contributed by atoms with Crippen LogP contribution >= 0.6 is 12.2 Å². The van der Waals surface area contributed by atoms with Crippen molar-refractivity contribution >= 4 is 23.0 Å². The Hall–Kier alpha value is -3.65. The molecule has 1 N–H and O–H groups in total. The molecule has 2 aromatic carbocycles. The third kappa shape index (κ3) is 4.58. The lowest BCUT2D eigenvalue weighted by Crippen LogP contribution is -2.29. The molecule has 196 valence electrons. The van der Waals surface area contributed by atoms with Crippen LogP contribution in [0.5, 0.6) is 0 Å². The number of thiocarbonyl (C=S) groups is 1. The summed E-state index contributed by atoms with van der Waals surface area (Å²) in [5.74, 6) is 0.386. The van der Waals surface area contributed by atoms with Crippen LogP contribution in [0.1, 0.15) is 65.6 Å². The molecule has 2 atom stereocenters. The van der Waals surface area contributed by atoms with E-state index in [0.717, 1.165) is 28.7 Å². The summed E-state index contributed by atoms with van der Waals surface area (Å²) in [7, 11) is 0. The lowest BCUT2D eigenvalue weighted by atomic mass is 9.96. The number of pyridine rings is 1. The van der Waals surface area contributed by atoms with Gasteiger partial charge in [-0.25, -0.2) is 0 Å². The molecule has 0 radical (unpaired) electrons. The van der Waals surface area contributed by atoms with E-state index in [1.165, 1.54) is 17.7 Å². The molecule has 0 saturated carbocycles. The van der Waals surface area contributed by atoms with Crippen LogP contribution in [0.4, 0.5) is 18.9 Å². The number of aryl methyl sites for hydroxylation is 1. The first kappa shape index (κ1) is 26.0. The highest BCUT2D eigenvalue weighted by Crippen LogP contribution is 2.44. The Morgan fingerprint density at radius 2 is 1.63 bits per heavy atom. The second-order valence-corrected chi connectivity index (χ2v) is 10.3. The van der Waals surface area contributed by atoms with Gasteiger partial charge in [0.25, 0.3) is 0 Å². The Bertz CT molecular complexity index is 1460. The average molecular weight is 535 g/mol. The Morgan fingerprint density at radius 1 is 0.947 bits per heavy atom. The zero-order chi connectivity index (χ0) is 27.2. The predicted molar refractivity (Wildman–Crippen MR) is 149 cm³/mol. The van der Waals surface area contributed by atoms with Gasteiger partial charge in [-0.15, -0.1) is 0 Å². The number of para-hydroxylation sites is 1. The zero-order valence-electron chi connectivity index (χ0n) is 21.6. The number of nitrogens with one attached hydrogen (secondary N) is 1. The summed E-state index contributed by atoms with van der Waals surface area (Å²) >= 11 is 5.84. The fourth-order valence-corrected chi connectivity index (χ4v) is 5.68. The van der Waals surface area contributed by atoms with Gasteiger partial charge in [0.2, 0.25) is 0 Å². The SMILES string of the molecule is Cc1cc(C2C(c3ccccn3)NC(=S)N2c2ccc(C(C)C)cc2)c(C)n1-c1ccccc1C(F)(F)F. The van der Waals surface area contributed by atoms with Crippen LogP contribution in [0, 0.1) is 13.8 Å². The summed E-state index contributed by atoms with van der Waals surface area (Å²) in [6.07, 6.45) is -2.74. The van der Waals surface area contributed by atoms with Gasteiger partial charge in [-0.2, -0.15) is 13.2 Å².